The number of halogens is 1. The lowest BCUT2D eigenvalue weighted by atomic mass is 9.97. The number of rotatable bonds is 5. The monoisotopic (exact) mass is 505 g/mol. The highest BCUT2D eigenvalue weighted by atomic mass is 79.9. The Morgan fingerprint density at radius 3 is 2.15 bits per heavy atom. The smallest absolute Gasteiger partial charge is 0.410 e. The fraction of sp³-hybridized carbons (Fsp3) is 0.259. The molecule has 1 saturated heterocycles. The van der Waals surface area contributed by atoms with Gasteiger partial charge in [-0.15, -0.1) is 0 Å². The molecule has 1 aliphatic heterocycles. The average Bonchev–Trinajstić information content (AvgIpc) is 3.39. The van der Waals surface area contributed by atoms with E-state index in [4.69, 9.17) is 4.74 Å². The second-order valence-electron chi connectivity index (χ2n) is 8.74. The molecule has 2 aliphatic rings. The Hall–Kier alpha value is -3.12. The van der Waals surface area contributed by atoms with Gasteiger partial charge in [0.2, 0.25) is 0 Å². The van der Waals surface area contributed by atoms with Crippen LogP contribution in [0.5, 0.6) is 0 Å². The lowest BCUT2D eigenvalue weighted by Gasteiger charge is -2.22. The van der Waals surface area contributed by atoms with Crippen LogP contribution < -0.4 is 0 Å². The molecule has 3 aromatic rings. The molecule has 0 aromatic heterocycles. The van der Waals surface area contributed by atoms with E-state index in [0.717, 1.165) is 38.7 Å². The number of hydrogen-bond donors (Lipinski definition) is 1. The first-order valence-corrected chi connectivity index (χ1v) is 11.9. The molecule has 1 fully saturated rings. The van der Waals surface area contributed by atoms with Crippen LogP contribution in [0.2, 0.25) is 0 Å². The topological polar surface area (TPSA) is 66.8 Å². The zero-order chi connectivity index (χ0) is 22.9. The van der Waals surface area contributed by atoms with Crippen molar-refractivity contribution in [3.63, 3.8) is 0 Å². The van der Waals surface area contributed by atoms with Crippen LogP contribution in [0.4, 0.5) is 4.79 Å². The Kier molecular flexibility index (Phi) is 5.94. The minimum absolute atomic E-state index is 0.0502. The van der Waals surface area contributed by atoms with E-state index in [1.807, 2.05) is 48.5 Å². The molecular formula is C27H24BrNO4. The summed E-state index contributed by atoms with van der Waals surface area (Å²) in [6.07, 6.45) is 0.599. The predicted octanol–water partition coefficient (Wildman–Crippen LogP) is 5.72. The number of carboxylic acid groups (broad SMARTS) is 1. The fourth-order valence-corrected chi connectivity index (χ4v) is 5.40. The quantitative estimate of drug-likeness (QED) is 0.481. The van der Waals surface area contributed by atoms with Gasteiger partial charge in [-0.05, 0) is 58.7 Å². The first kappa shape index (κ1) is 21.7. The number of benzene rings is 3. The van der Waals surface area contributed by atoms with E-state index in [1.54, 1.807) is 0 Å². The normalized spacial score (nSPS) is 19.2. The molecule has 5 nitrogen and oxygen atoms in total. The zero-order valence-corrected chi connectivity index (χ0v) is 19.6. The second-order valence-corrected chi connectivity index (χ2v) is 9.66. The van der Waals surface area contributed by atoms with Crippen LogP contribution in [0.25, 0.3) is 11.1 Å². The van der Waals surface area contributed by atoms with Crippen LogP contribution in [0.3, 0.4) is 0 Å². The van der Waals surface area contributed by atoms with Crippen LogP contribution in [-0.4, -0.2) is 41.3 Å². The van der Waals surface area contributed by atoms with E-state index in [2.05, 4.69) is 40.2 Å². The standard InChI is InChI=1S/C27H24BrNO4/c28-19-11-9-17(10-12-19)13-18-14-25(26(30)31)29(15-18)27(32)33-16-24-22-7-3-1-5-20(22)21-6-2-4-8-23(21)24/h1-12,18,24-25H,13-16H2,(H,30,31)/t18-,25-/m1/s1. The molecule has 6 heteroatoms. The van der Waals surface area contributed by atoms with Crippen molar-refractivity contribution in [3.8, 4) is 11.1 Å². The number of aliphatic carboxylic acids is 1. The molecule has 1 heterocycles. The number of carboxylic acids is 1. The Morgan fingerprint density at radius 2 is 1.55 bits per heavy atom. The van der Waals surface area contributed by atoms with Crippen molar-refractivity contribution < 1.29 is 19.4 Å². The molecule has 2 atom stereocenters. The van der Waals surface area contributed by atoms with Gasteiger partial charge < -0.3 is 9.84 Å². The fourth-order valence-electron chi connectivity index (χ4n) is 5.14. The third-order valence-corrected chi connectivity index (χ3v) is 7.21. The highest BCUT2D eigenvalue weighted by Crippen LogP contribution is 2.44. The summed E-state index contributed by atoms with van der Waals surface area (Å²) in [4.78, 5) is 26.3. The maximum Gasteiger partial charge on any atom is 0.410 e. The van der Waals surface area contributed by atoms with Crippen molar-refractivity contribution in [1.82, 2.24) is 4.90 Å². The molecule has 168 valence electrons. The number of amides is 1. The molecule has 0 saturated carbocycles. The molecule has 3 aromatic carbocycles. The zero-order valence-electron chi connectivity index (χ0n) is 18.0. The Labute approximate surface area is 201 Å². The highest BCUT2D eigenvalue weighted by molar-refractivity contribution is 9.10. The van der Waals surface area contributed by atoms with Crippen LogP contribution in [0.1, 0.15) is 29.0 Å². The van der Waals surface area contributed by atoms with Gasteiger partial charge in [-0.2, -0.15) is 0 Å². The van der Waals surface area contributed by atoms with Crippen LogP contribution in [0.15, 0.2) is 77.3 Å². The molecule has 1 amide bonds. The molecular weight excluding hydrogens is 482 g/mol. The van der Waals surface area contributed by atoms with Crippen molar-refractivity contribution in [2.75, 3.05) is 13.2 Å². The van der Waals surface area contributed by atoms with Gasteiger partial charge in [-0.25, -0.2) is 9.59 Å². The van der Waals surface area contributed by atoms with E-state index in [1.165, 1.54) is 4.90 Å². The number of nitrogens with zero attached hydrogens (tertiary/aromatic N) is 1. The third-order valence-electron chi connectivity index (χ3n) is 6.68. The highest BCUT2D eigenvalue weighted by Gasteiger charge is 2.41. The van der Waals surface area contributed by atoms with Gasteiger partial charge in [0.05, 0.1) is 0 Å². The summed E-state index contributed by atoms with van der Waals surface area (Å²) >= 11 is 3.43. The Balaban J connectivity index is 1.29. The number of likely N-dealkylation sites (tertiary alicyclic amines) is 1. The number of fused-ring (bicyclic) bond motifs is 3. The van der Waals surface area contributed by atoms with E-state index in [0.29, 0.717) is 13.0 Å². The molecule has 0 unspecified atom stereocenters. The maximum atomic E-state index is 13.0. The summed E-state index contributed by atoms with van der Waals surface area (Å²) < 4.78 is 6.74. The van der Waals surface area contributed by atoms with Gasteiger partial charge in [-0.3, -0.25) is 4.90 Å². The molecule has 33 heavy (non-hydrogen) atoms. The van der Waals surface area contributed by atoms with E-state index >= 15 is 0 Å². The Bertz CT molecular complexity index is 1150. The molecule has 1 aliphatic carbocycles. The van der Waals surface area contributed by atoms with Gasteiger partial charge in [-0.1, -0.05) is 76.6 Å². The number of ether oxygens (including phenoxy) is 1. The van der Waals surface area contributed by atoms with Crippen molar-refractivity contribution in [3.05, 3.63) is 94.0 Å². The summed E-state index contributed by atoms with van der Waals surface area (Å²) in [5.41, 5.74) is 5.72. The average molecular weight is 506 g/mol. The first-order chi connectivity index (χ1) is 16.0. The summed E-state index contributed by atoms with van der Waals surface area (Å²) in [6, 6.07) is 23.5. The van der Waals surface area contributed by atoms with Gasteiger partial charge in [0.25, 0.3) is 0 Å². The first-order valence-electron chi connectivity index (χ1n) is 11.1. The lowest BCUT2D eigenvalue weighted by molar-refractivity contribution is -0.141. The van der Waals surface area contributed by atoms with E-state index in [-0.39, 0.29) is 18.4 Å². The largest absolute Gasteiger partial charge is 0.480 e. The van der Waals surface area contributed by atoms with Crippen molar-refractivity contribution in [2.24, 2.45) is 5.92 Å². The van der Waals surface area contributed by atoms with Gasteiger partial charge in [0.1, 0.15) is 12.6 Å². The molecule has 0 radical (unpaired) electrons. The van der Waals surface area contributed by atoms with Crippen molar-refractivity contribution in [1.29, 1.82) is 0 Å². The van der Waals surface area contributed by atoms with Gasteiger partial charge in [0, 0.05) is 16.9 Å². The summed E-state index contributed by atoms with van der Waals surface area (Å²) in [5.74, 6) is -0.958. The maximum absolute atomic E-state index is 13.0. The van der Waals surface area contributed by atoms with E-state index in [9.17, 15) is 14.7 Å². The van der Waals surface area contributed by atoms with Gasteiger partial charge in [0.15, 0.2) is 0 Å². The van der Waals surface area contributed by atoms with Crippen molar-refractivity contribution >= 4 is 28.0 Å². The number of carbonyl (C=O) groups excluding carboxylic acids is 1. The summed E-state index contributed by atoms with van der Waals surface area (Å²) in [6.45, 7) is 0.566. The molecule has 5 rings (SSSR count). The van der Waals surface area contributed by atoms with E-state index < -0.39 is 18.1 Å². The summed E-state index contributed by atoms with van der Waals surface area (Å²) in [5, 5.41) is 9.74. The molecule has 0 spiro atoms. The van der Waals surface area contributed by atoms with Crippen LogP contribution in [0, 0.1) is 5.92 Å². The second kappa shape index (κ2) is 9.02. The minimum atomic E-state index is -0.984. The van der Waals surface area contributed by atoms with Crippen molar-refractivity contribution in [2.45, 2.75) is 24.8 Å². The number of carbonyl (C=O) groups is 2. The molecule has 0 bridgehead atoms. The molecule has 1 N–H and O–H groups in total. The SMILES string of the molecule is O=C(O)[C@H]1C[C@@H](Cc2ccc(Br)cc2)CN1C(=O)OCC1c2ccccc2-c2ccccc21. The van der Waals surface area contributed by atoms with Gasteiger partial charge >= 0.3 is 12.1 Å². The minimum Gasteiger partial charge on any atom is -0.480 e. The van der Waals surface area contributed by atoms with Crippen LogP contribution >= 0.6 is 15.9 Å². The number of hydrogen-bond acceptors (Lipinski definition) is 3. The lowest BCUT2D eigenvalue weighted by Crippen LogP contribution is -2.41. The summed E-state index contributed by atoms with van der Waals surface area (Å²) in [7, 11) is 0. The van der Waals surface area contributed by atoms with Crippen LogP contribution in [-0.2, 0) is 16.0 Å². The Morgan fingerprint density at radius 1 is 0.939 bits per heavy atom. The predicted molar refractivity (Wildman–Crippen MR) is 129 cm³/mol. The third kappa shape index (κ3) is 4.27.